The molecule has 0 aliphatic heterocycles. The number of ether oxygens (including phenoxy) is 2. The van der Waals surface area contributed by atoms with Crippen molar-refractivity contribution in [2.75, 3.05) is 0 Å². The highest BCUT2D eigenvalue weighted by Gasteiger charge is 2.17. The Morgan fingerprint density at radius 3 is 2.36 bits per heavy atom. The third kappa shape index (κ3) is 3.12. The van der Waals surface area contributed by atoms with Crippen LogP contribution >= 0.6 is 0 Å². The van der Waals surface area contributed by atoms with Crippen molar-refractivity contribution in [2.24, 2.45) is 0 Å². The van der Waals surface area contributed by atoms with Gasteiger partial charge in [0.15, 0.2) is 0 Å². The quantitative estimate of drug-likeness (QED) is 0.313. The van der Waals surface area contributed by atoms with Crippen LogP contribution in [0.2, 0.25) is 0 Å². The molecule has 25 heavy (non-hydrogen) atoms. The van der Waals surface area contributed by atoms with Crippen LogP contribution in [0.25, 0.3) is 21.9 Å². The van der Waals surface area contributed by atoms with Crippen molar-refractivity contribution < 1.29 is 28.3 Å². The third-order valence-corrected chi connectivity index (χ3v) is 3.39. The topological polar surface area (TPSA) is 99.9 Å². The zero-order chi connectivity index (χ0) is 18.1. The first-order valence-corrected chi connectivity index (χ1v) is 7.25. The number of carbonyl (C=O) groups excluding carboxylic acids is 3. The number of fused-ring (bicyclic) bond motifs is 2. The number of benzene rings is 2. The molecule has 0 radical (unpaired) electrons. The lowest BCUT2D eigenvalue weighted by atomic mass is 10.1. The van der Waals surface area contributed by atoms with Crippen LogP contribution in [-0.2, 0) is 9.59 Å². The number of aldehydes is 1. The number of carbonyl (C=O) groups is 3. The van der Waals surface area contributed by atoms with Crippen LogP contribution in [0.3, 0.4) is 0 Å². The van der Waals surface area contributed by atoms with E-state index in [9.17, 15) is 19.2 Å². The summed E-state index contributed by atoms with van der Waals surface area (Å²) in [5.41, 5.74) is 0.179. The highest BCUT2D eigenvalue weighted by Crippen LogP contribution is 2.32. The number of rotatable bonds is 3. The van der Waals surface area contributed by atoms with Gasteiger partial charge in [-0.25, -0.2) is 0 Å². The second kappa shape index (κ2) is 6.20. The van der Waals surface area contributed by atoms with E-state index in [1.54, 1.807) is 0 Å². The van der Waals surface area contributed by atoms with E-state index in [4.69, 9.17) is 13.9 Å². The first-order valence-electron chi connectivity index (χ1n) is 7.25. The summed E-state index contributed by atoms with van der Waals surface area (Å²) in [6.45, 7) is 2.39. The molecule has 0 N–H and O–H groups in total. The standard InChI is InChI=1S/C18H12O7/c1-9(20)23-12-6-15(24-10(2)21)17-16(7-12)25-14-4-3-11(8-19)5-13(14)18(17)22/h3-8H,1-2H3. The summed E-state index contributed by atoms with van der Waals surface area (Å²) < 4.78 is 15.7. The minimum Gasteiger partial charge on any atom is -0.456 e. The van der Waals surface area contributed by atoms with Crippen LogP contribution < -0.4 is 14.9 Å². The van der Waals surface area contributed by atoms with Gasteiger partial charge < -0.3 is 13.9 Å². The van der Waals surface area contributed by atoms with Gasteiger partial charge in [-0.1, -0.05) is 0 Å². The van der Waals surface area contributed by atoms with Gasteiger partial charge in [0, 0.05) is 31.5 Å². The molecular weight excluding hydrogens is 328 g/mol. The van der Waals surface area contributed by atoms with Gasteiger partial charge in [-0.15, -0.1) is 0 Å². The van der Waals surface area contributed by atoms with Crippen LogP contribution in [0.4, 0.5) is 0 Å². The Balaban J connectivity index is 2.39. The Morgan fingerprint density at radius 1 is 1.00 bits per heavy atom. The molecule has 2 aromatic carbocycles. The van der Waals surface area contributed by atoms with Crippen LogP contribution in [0.15, 0.2) is 39.5 Å². The molecule has 0 saturated heterocycles. The van der Waals surface area contributed by atoms with Gasteiger partial charge in [-0.2, -0.15) is 0 Å². The molecule has 0 aliphatic rings. The van der Waals surface area contributed by atoms with Crippen molar-refractivity contribution in [1.29, 1.82) is 0 Å². The maximum absolute atomic E-state index is 12.8. The summed E-state index contributed by atoms with van der Waals surface area (Å²) in [4.78, 5) is 46.3. The molecule has 0 saturated carbocycles. The monoisotopic (exact) mass is 340 g/mol. The highest BCUT2D eigenvalue weighted by atomic mass is 16.5. The van der Waals surface area contributed by atoms with Gasteiger partial charge in [0.2, 0.25) is 5.43 Å². The molecule has 126 valence electrons. The van der Waals surface area contributed by atoms with Crippen molar-refractivity contribution in [2.45, 2.75) is 13.8 Å². The zero-order valence-electron chi connectivity index (χ0n) is 13.3. The molecule has 7 heteroatoms. The Kier molecular flexibility index (Phi) is 4.06. The fourth-order valence-electron chi connectivity index (χ4n) is 2.47. The average molecular weight is 340 g/mol. The second-order valence-corrected chi connectivity index (χ2v) is 5.29. The average Bonchev–Trinajstić information content (AvgIpc) is 2.53. The maximum atomic E-state index is 12.8. The predicted molar refractivity (Wildman–Crippen MR) is 88.0 cm³/mol. The fraction of sp³-hybridized carbons (Fsp3) is 0.111. The molecule has 0 spiro atoms. The van der Waals surface area contributed by atoms with Gasteiger partial charge in [0.05, 0.1) is 5.39 Å². The molecular formula is C18H12O7. The summed E-state index contributed by atoms with van der Waals surface area (Å²) in [6.07, 6.45) is 0.611. The molecule has 1 aromatic heterocycles. The Hall–Kier alpha value is -3.48. The number of hydrogen-bond donors (Lipinski definition) is 0. The molecule has 0 atom stereocenters. The molecule has 0 fully saturated rings. The Labute approximate surface area is 140 Å². The molecule has 0 aliphatic carbocycles. The summed E-state index contributed by atoms with van der Waals surface area (Å²) in [5, 5.41) is 0.187. The van der Waals surface area contributed by atoms with E-state index in [2.05, 4.69) is 0 Å². The smallest absolute Gasteiger partial charge is 0.308 e. The van der Waals surface area contributed by atoms with Crippen LogP contribution in [0, 0.1) is 0 Å². The van der Waals surface area contributed by atoms with E-state index in [0.29, 0.717) is 11.8 Å². The normalized spacial score (nSPS) is 10.6. The summed E-state index contributed by atoms with van der Waals surface area (Å²) in [5.74, 6) is -1.24. The highest BCUT2D eigenvalue weighted by molar-refractivity contribution is 5.97. The minimum absolute atomic E-state index is 0.0154. The van der Waals surface area contributed by atoms with E-state index in [0.717, 1.165) is 0 Å². The van der Waals surface area contributed by atoms with Crippen molar-refractivity contribution >= 4 is 40.2 Å². The Morgan fingerprint density at radius 2 is 1.72 bits per heavy atom. The largest absolute Gasteiger partial charge is 0.456 e. The molecule has 0 bridgehead atoms. The zero-order valence-corrected chi connectivity index (χ0v) is 13.3. The van der Waals surface area contributed by atoms with E-state index in [1.807, 2.05) is 0 Å². The summed E-state index contributed by atoms with van der Waals surface area (Å²) in [6, 6.07) is 7.01. The summed E-state index contributed by atoms with van der Waals surface area (Å²) in [7, 11) is 0. The SMILES string of the molecule is CC(=O)Oc1cc(OC(C)=O)c2c(=O)c3cc(C=O)ccc3oc2c1. The molecule has 3 aromatic rings. The second-order valence-electron chi connectivity index (χ2n) is 5.29. The molecule has 1 heterocycles. The van der Waals surface area contributed by atoms with Crippen molar-refractivity contribution in [3.05, 3.63) is 46.1 Å². The van der Waals surface area contributed by atoms with Gasteiger partial charge in [0.25, 0.3) is 0 Å². The molecule has 7 nitrogen and oxygen atoms in total. The molecule has 0 unspecified atom stereocenters. The van der Waals surface area contributed by atoms with Gasteiger partial charge in [-0.3, -0.25) is 19.2 Å². The van der Waals surface area contributed by atoms with Crippen LogP contribution in [0.1, 0.15) is 24.2 Å². The van der Waals surface area contributed by atoms with Gasteiger partial charge in [-0.05, 0) is 18.2 Å². The van der Waals surface area contributed by atoms with Crippen molar-refractivity contribution in [3.8, 4) is 11.5 Å². The predicted octanol–water partition coefficient (Wildman–Crippen LogP) is 2.61. The van der Waals surface area contributed by atoms with Crippen LogP contribution in [-0.4, -0.2) is 18.2 Å². The first-order chi connectivity index (χ1) is 11.9. The Bertz CT molecular complexity index is 1090. The van der Waals surface area contributed by atoms with E-state index in [-0.39, 0.29) is 33.4 Å². The van der Waals surface area contributed by atoms with E-state index < -0.39 is 17.4 Å². The number of hydrogen-bond acceptors (Lipinski definition) is 7. The first kappa shape index (κ1) is 16.4. The maximum Gasteiger partial charge on any atom is 0.308 e. The van der Waals surface area contributed by atoms with Crippen LogP contribution in [0.5, 0.6) is 11.5 Å². The van der Waals surface area contributed by atoms with E-state index >= 15 is 0 Å². The fourth-order valence-corrected chi connectivity index (χ4v) is 2.47. The summed E-state index contributed by atoms with van der Waals surface area (Å²) >= 11 is 0. The number of esters is 2. The minimum atomic E-state index is -0.651. The lowest BCUT2D eigenvalue weighted by Crippen LogP contribution is -2.09. The van der Waals surface area contributed by atoms with E-state index in [1.165, 1.54) is 44.2 Å². The van der Waals surface area contributed by atoms with Crippen molar-refractivity contribution in [3.63, 3.8) is 0 Å². The van der Waals surface area contributed by atoms with Gasteiger partial charge in [0.1, 0.15) is 34.3 Å². The van der Waals surface area contributed by atoms with Crippen molar-refractivity contribution in [1.82, 2.24) is 0 Å². The third-order valence-electron chi connectivity index (χ3n) is 3.39. The molecule has 0 amide bonds. The lowest BCUT2D eigenvalue weighted by Gasteiger charge is -2.09. The lowest BCUT2D eigenvalue weighted by molar-refractivity contribution is -0.132. The molecule has 3 rings (SSSR count). The van der Waals surface area contributed by atoms with Gasteiger partial charge >= 0.3 is 11.9 Å².